The monoisotopic (exact) mass is 401 g/mol. The van der Waals surface area contributed by atoms with E-state index < -0.39 is 0 Å². The van der Waals surface area contributed by atoms with Gasteiger partial charge in [-0.25, -0.2) is 0 Å². The number of unbranched alkanes of at least 4 members (excludes halogenated alkanes) is 1. The van der Waals surface area contributed by atoms with E-state index in [4.69, 9.17) is 4.99 Å². The van der Waals surface area contributed by atoms with Gasteiger partial charge in [0.25, 0.3) is 0 Å². The van der Waals surface area contributed by atoms with Crippen LogP contribution in [0, 0.1) is 0 Å². The Labute approximate surface area is 171 Å². The van der Waals surface area contributed by atoms with Crippen LogP contribution in [0.15, 0.2) is 51.7 Å². The minimum Gasteiger partial charge on any atom is -0.363 e. The summed E-state index contributed by atoms with van der Waals surface area (Å²) >= 11 is 1.82. The number of guanidine groups is 1. The van der Waals surface area contributed by atoms with Crippen LogP contribution in [-0.2, 0) is 6.54 Å². The predicted molar refractivity (Wildman–Crippen MR) is 119 cm³/mol. The van der Waals surface area contributed by atoms with Crippen LogP contribution >= 0.6 is 11.3 Å². The van der Waals surface area contributed by atoms with Crippen LogP contribution in [0.3, 0.4) is 0 Å². The summed E-state index contributed by atoms with van der Waals surface area (Å²) in [5.74, 6) is 0.911. The third-order valence-electron chi connectivity index (χ3n) is 4.97. The van der Waals surface area contributed by atoms with Crippen LogP contribution in [-0.4, -0.2) is 42.7 Å². The van der Waals surface area contributed by atoms with Gasteiger partial charge in [0.1, 0.15) is 0 Å². The molecule has 1 saturated heterocycles. The molecule has 0 atom stereocenters. The number of aromatic nitrogens is 1. The fraction of sp³-hybridized carbons (Fsp3) is 0.524. The highest BCUT2D eigenvalue weighted by Gasteiger charge is 2.20. The molecule has 1 aliphatic heterocycles. The molecule has 152 valence electrons. The Morgan fingerprint density at radius 2 is 2.07 bits per heavy atom. The fourth-order valence-electron chi connectivity index (χ4n) is 3.44. The van der Waals surface area contributed by atoms with Crippen molar-refractivity contribution in [1.82, 2.24) is 15.2 Å². The Kier molecular flexibility index (Phi) is 7.96. The van der Waals surface area contributed by atoms with Crippen molar-refractivity contribution in [3.8, 4) is 0 Å². The molecule has 2 N–H and O–H groups in total. The van der Waals surface area contributed by atoms with E-state index >= 15 is 0 Å². The number of nitrogens with zero attached hydrogens (tertiary/aromatic N) is 3. The highest BCUT2D eigenvalue weighted by molar-refractivity contribution is 7.14. The van der Waals surface area contributed by atoms with Gasteiger partial charge in [-0.3, -0.25) is 9.79 Å². The molecule has 1 aliphatic rings. The van der Waals surface area contributed by atoms with Gasteiger partial charge in [-0.2, -0.15) is 0 Å². The molecule has 0 saturated carbocycles. The maximum Gasteiger partial charge on any atom is 0.250 e. The Morgan fingerprint density at radius 1 is 1.21 bits per heavy atom. The number of pyridine rings is 1. The zero-order valence-electron chi connectivity index (χ0n) is 16.6. The molecule has 0 aliphatic carbocycles. The van der Waals surface area contributed by atoms with E-state index in [0.29, 0.717) is 6.04 Å². The average Bonchev–Trinajstić information content (AvgIpc) is 3.24. The number of anilines is 1. The molecule has 0 amide bonds. The zero-order valence-corrected chi connectivity index (χ0v) is 17.5. The van der Waals surface area contributed by atoms with Crippen molar-refractivity contribution in [2.24, 2.45) is 4.99 Å². The molecule has 0 unspecified atom stereocenters. The van der Waals surface area contributed by atoms with E-state index in [0.717, 1.165) is 64.4 Å². The van der Waals surface area contributed by atoms with E-state index in [1.54, 1.807) is 16.7 Å². The predicted octanol–water partition coefficient (Wildman–Crippen LogP) is 2.91. The van der Waals surface area contributed by atoms with Gasteiger partial charge in [0, 0.05) is 51.0 Å². The summed E-state index contributed by atoms with van der Waals surface area (Å²) in [5.41, 5.74) is 0.0647. The highest BCUT2D eigenvalue weighted by Crippen LogP contribution is 2.24. The van der Waals surface area contributed by atoms with Gasteiger partial charge in [0.05, 0.1) is 5.00 Å². The Balaban J connectivity index is 1.40. The lowest BCUT2D eigenvalue weighted by Gasteiger charge is -2.33. The Hall–Kier alpha value is -2.28. The van der Waals surface area contributed by atoms with Gasteiger partial charge >= 0.3 is 0 Å². The van der Waals surface area contributed by atoms with Crippen LogP contribution in [0.2, 0.25) is 0 Å². The normalized spacial score (nSPS) is 15.6. The number of aliphatic imine (C=N–C) groups is 1. The largest absolute Gasteiger partial charge is 0.363 e. The molecule has 2 aromatic rings. The van der Waals surface area contributed by atoms with E-state index in [1.807, 2.05) is 23.6 Å². The van der Waals surface area contributed by atoms with Crippen molar-refractivity contribution in [3.63, 3.8) is 0 Å². The van der Waals surface area contributed by atoms with Crippen molar-refractivity contribution < 1.29 is 0 Å². The summed E-state index contributed by atoms with van der Waals surface area (Å²) in [6.45, 7) is 6.65. The number of hydrogen-bond acceptors (Lipinski definition) is 4. The number of nitrogens with one attached hydrogen (secondary N) is 2. The molecule has 0 aromatic carbocycles. The molecule has 0 spiro atoms. The van der Waals surface area contributed by atoms with Gasteiger partial charge in [-0.15, -0.1) is 11.3 Å². The first-order chi connectivity index (χ1) is 13.8. The first-order valence-electron chi connectivity index (χ1n) is 10.2. The van der Waals surface area contributed by atoms with Crippen LogP contribution in [0.1, 0.15) is 32.6 Å². The molecular weight excluding hydrogens is 370 g/mol. The molecule has 2 aromatic heterocycles. The summed E-state index contributed by atoms with van der Waals surface area (Å²) in [7, 11) is 0. The van der Waals surface area contributed by atoms with Crippen LogP contribution in [0.25, 0.3) is 0 Å². The van der Waals surface area contributed by atoms with Crippen LogP contribution in [0.4, 0.5) is 5.00 Å². The molecule has 3 rings (SSSR count). The second kappa shape index (κ2) is 10.9. The maximum absolute atomic E-state index is 11.7. The van der Waals surface area contributed by atoms with Crippen molar-refractivity contribution in [2.45, 2.75) is 45.2 Å². The van der Waals surface area contributed by atoms with Crippen molar-refractivity contribution >= 4 is 22.3 Å². The minimum absolute atomic E-state index is 0.0647. The average molecular weight is 402 g/mol. The van der Waals surface area contributed by atoms with E-state index in [9.17, 15) is 4.79 Å². The number of rotatable bonds is 8. The van der Waals surface area contributed by atoms with Gasteiger partial charge in [0.2, 0.25) is 5.56 Å². The van der Waals surface area contributed by atoms with Crippen molar-refractivity contribution in [1.29, 1.82) is 0 Å². The first kappa shape index (κ1) is 20.5. The highest BCUT2D eigenvalue weighted by atomic mass is 32.1. The van der Waals surface area contributed by atoms with Gasteiger partial charge < -0.3 is 20.1 Å². The molecule has 0 bridgehead atoms. The molecule has 1 fully saturated rings. The number of hydrogen-bond donors (Lipinski definition) is 2. The zero-order chi connectivity index (χ0) is 19.6. The SMILES string of the molecule is CCNC(=NCCCCn1ccccc1=O)NC1CCN(c2cccs2)CC1. The lowest BCUT2D eigenvalue weighted by Crippen LogP contribution is -2.48. The number of thiophene rings is 1. The van der Waals surface area contributed by atoms with Gasteiger partial charge in [0.15, 0.2) is 5.96 Å². The summed E-state index contributed by atoms with van der Waals surface area (Å²) in [5, 5.41) is 10.5. The molecule has 3 heterocycles. The summed E-state index contributed by atoms with van der Waals surface area (Å²) in [4.78, 5) is 18.9. The Bertz CT molecular complexity index is 778. The van der Waals surface area contributed by atoms with Crippen LogP contribution in [0.5, 0.6) is 0 Å². The molecule has 28 heavy (non-hydrogen) atoms. The molecule has 7 heteroatoms. The quantitative estimate of drug-likeness (QED) is 0.406. The lowest BCUT2D eigenvalue weighted by atomic mass is 10.1. The maximum atomic E-state index is 11.7. The first-order valence-corrected chi connectivity index (χ1v) is 11.1. The fourth-order valence-corrected chi connectivity index (χ4v) is 4.22. The van der Waals surface area contributed by atoms with E-state index in [2.05, 4.69) is 40.0 Å². The number of piperidine rings is 1. The summed E-state index contributed by atoms with van der Waals surface area (Å²) in [6, 6.07) is 10.1. The third-order valence-corrected chi connectivity index (χ3v) is 5.90. The summed E-state index contributed by atoms with van der Waals surface area (Å²) in [6.07, 6.45) is 6.01. The van der Waals surface area contributed by atoms with Crippen molar-refractivity contribution in [2.75, 3.05) is 31.1 Å². The molecule has 0 radical (unpaired) electrons. The van der Waals surface area contributed by atoms with Crippen molar-refractivity contribution in [3.05, 3.63) is 52.3 Å². The summed E-state index contributed by atoms with van der Waals surface area (Å²) < 4.78 is 1.76. The molecule has 6 nitrogen and oxygen atoms in total. The topological polar surface area (TPSA) is 61.7 Å². The van der Waals surface area contributed by atoms with Gasteiger partial charge in [-0.1, -0.05) is 6.07 Å². The van der Waals surface area contributed by atoms with E-state index in [1.165, 1.54) is 5.00 Å². The second-order valence-corrected chi connectivity index (χ2v) is 7.98. The smallest absolute Gasteiger partial charge is 0.250 e. The second-order valence-electron chi connectivity index (χ2n) is 7.06. The van der Waals surface area contributed by atoms with E-state index in [-0.39, 0.29) is 5.56 Å². The third kappa shape index (κ3) is 6.12. The lowest BCUT2D eigenvalue weighted by molar-refractivity contribution is 0.462. The minimum atomic E-state index is 0.0647. The van der Waals surface area contributed by atoms with Gasteiger partial charge in [-0.05, 0) is 56.2 Å². The number of aryl methyl sites for hydroxylation is 1. The van der Waals surface area contributed by atoms with Crippen LogP contribution < -0.4 is 21.1 Å². The standard InChI is InChI=1S/C21H31N5OS/c1-2-22-21(23-12-4-6-14-25-13-5-3-8-19(25)27)24-18-10-15-26(16-11-18)20-9-7-17-28-20/h3,5,7-9,13,17-18H,2,4,6,10-12,14-16H2,1H3,(H2,22,23,24). The Morgan fingerprint density at radius 3 is 2.79 bits per heavy atom. The molecular formula is C21H31N5OS.